The molecule has 0 radical (unpaired) electrons. The van der Waals surface area contributed by atoms with E-state index in [9.17, 15) is 4.79 Å². The first-order chi connectivity index (χ1) is 12.0. The minimum Gasteiger partial charge on any atom is -0.497 e. The molecule has 0 spiro atoms. The van der Waals surface area contributed by atoms with Crippen molar-refractivity contribution >= 4 is 29.0 Å². The number of carbonyl (C=O) groups is 1. The van der Waals surface area contributed by atoms with Crippen LogP contribution < -0.4 is 15.8 Å². The van der Waals surface area contributed by atoms with Gasteiger partial charge in [-0.3, -0.25) is 4.79 Å². The quantitative estimate of drug-likeness (QED) is 0.748. The standard InChI is InChI=1S/C17H16ClN5O2/c1-10-3-5-11(6-4-10)23-16(19)15(21-22-23)17(24)20-14-9-12(25-2)7-8-13(14)18/h3-9H,19H2,1-2H3,(H,20,24). The van der Waals surface area contributed by atoms with Crippen LogP contribution in [0.25, 0.3) is 5.69 Å². The molecule has 1 amide bonds. The molecule has 0 bridgehead atoms. The summed E-state index contributed by atoms with van der Waals surface area (Å²) in [4.78, 5) is 12.5. The molecule has 0 fully saturated rings. The van der Waals surface area contributed by atoms with Crippen LogP contribution in [0.4, 0.5) is 11.5 Å². The first-order valence-corrected chi connectivity index (χ1v) is 7.80. The van der Waals surface area contributed by atoms with Gasteiger partial charge in [0.1, 0.15) is 5.75 Å². The number of nitrogens with one attached hydrogen (secondary N) is 1. The summed E-state index contributed by atoms with van der Waals surface area (Å²) in [7, 11) is 1.53. The average molecular weight is 358 g/mol. The number of hydrogen-bond donors (Lipinski definition) is 2. The number of carbonyl (C=O) groups excluding carboxylic acids is 1. The average Bonchev–Trinajstić information content (AvgIpc) is 2.99. The maximum atomic E-state index is 12.5. The number of nitrogens with zero attached hydrogens (tertiary/aromatic N) is 3. The van der Waals surface area contributed by atoms with Crippen molar-refractivity contribution in [2.75, 3.05) is 18.2 Å². The van der Waals surface area contributed by atoms with E-state index in [1.54, 1.807) is 18.2 Å². The van der Waals surface area contributed by atoms with Gasteiger partial charge in [0, 0.05) is 6.07 Å². The van der Waals surface area contributed by atoms with E-state index in [1.165, 1.54) is 11.8 Å². The Bertz CT molecular complexity index is 921. The summed E-state index contributed by atoms with van der Waals surface area (Å²) in [5.74, 6) is 0.197. The van der Waals surface area contributed by atoms with Gasteiger partial charge in [0.2, 0.25) is 0 Å². The van der Waals surface area contributed by atoms with Gasteiger partial charge in [-0.2, -0.15) is 4.68 Å². The van der Waals surface area contributed by atoms with Crippen molar-refractivity contribution in [3.8, 4) is 11.4 Å². The Hall–Kier alpha value is -3.06. The topological polar surface area (TPSA) is 95.1 Å². The van der Waals surface area contributed by atoms with Gasteiger partial charge < -0.3 is 15.8 Å². The van der Waals surface area contributed by atoms with Crippen molar-refractivity contribution in [1.82, 2.24) is 15.0 Å². The van der Waals surface area contributed by atoms with Gasteiger partial charge >= 0.3 is 0 Å². The molecule has 3 aromatic rings. The molecule has 0 aliphatic carbocycles. The van der Waals surface area contributed by atoms with Crippen molar-refractivity contribution in [3.05, 3.63) is 58.7 Å². The zero-order chi connectivity index (χ0) is 18.0. The lowest BCUT2D eigenvalue weighted by molar-refractivity contribution is 0.102. The Labute approximate surface area is 149 Å². The van der Waals surface area contributed by atoms with Crippen molar-refractivity contribution < 1.29 is 9.53 Å². The van der Waals surface area contributed by atoms with Crippen molar-refractivity contribution in [1.29, 1.82) is 0 Å². The van der Waals surface area contributed by atoms with Crippen LogP contribution in [0.2, 0.25) is 5.02 Å². The summed E-state index contributed by atoms with van der Waals surface area (Å²) >= 11 is 6.10. The Morgan fingerprint density at radius 1 is 1.24 bits per heavy atom. The predicted molar refractivity (Wildman–Crippen MR) is 96.5 cm³/mol. The fourth-order valence-corrected chi connectivity index (χ4v) is 2.40. The van der Waals surface area contributed by atoms with Crippen LogP contribution in [0, 0.1) is 6.92 Å². The molecular formula is C17H16ClN5O2. The maximum Gasteiger partial charge on any atom is 0.280 e. The van der Waals surface area contributed by atoms with Crippen molar-refractivity contribution in [3.63, 3.8) is 0 Å². The summed E-state index contributed by atoms with van der Waals surface area (Å²) in [5, 5.41) is 10.9. The van der Waals surface area contributed by atoms with Gasteiger partial charge in [0.05, 0.1) is 23.5 Å². The molecular weight excluding hydrogens is 342 g/mol. The van der Waals surface area contributed by atoms with Crippen LogP contribution in [0.5, 0.6) is 5.75 Å². The molecule has 0 aliphatic heterocycles. The summed E-state index contributed by atoms with van der Waals surface area (Å²) in [6, 6.07) is 12.5. The van der Waals surface area contributed by atoms with E-state index in [0.29, 0.717) is 22.1 Å². The van der Waals surface area contributed by atoms with E-state index < -0.39 is 5.91 Å². The first-order valence-electron chi connectivity index (χ1n) is 7.42. The maximum absolute atomic E-state index is 12.5. The fourth-order valence-electron chi connectivity index (χ4n) is 2.24. The number of nitrogen functional groups attached to an aromatic ring is 1. The highest BCUT2D eigenvalue weighted by molar-refractivity contribution is 6.34. The molecule has 1 heterocycles. The van der Waals surface area contributed by atoms with Crippen LogP contribution >= 0.6 is 11.6 Å². The Kier molecular flexibility index (Phi) is 4.58. The molecule has 7 nitrogen and oxygen atoms in total. The predicted octanol–water partition coefficient (Wildman–Crippen LogP) is 3.07. The van der Waals surface area contributed by atoms with E-state index >= 15 is 0 Å². The molecule has 0 unspecified atom stereocenters. The molecule has 0 atom stereocenters. The molecule has 0 saturated heterocycles. The van der Waals surface area contributed by atoms with Crippen molar-refractivity contribution in [2.24, 2.45) is 0 Å². The smallest absolute Gasteiger partial charge is 0.280 e. The minimum atomic E-state index is -0.508. The number of methoxy groups -OCH3 is 1. The normalized spacial score (nSPS) is 10.5. The summed E-state index contributed by atoms with van der Waals surface area (Å²) in [5.41, 5.74) is 8.27. The number of amides is 1. The van der Waals surface area contributed by atoms with Gasteiger partial charge in [-0.05, 0) is 31.2 Å². The molecule has 3 rings (SSSR count). The van der Waals surface area contributed by atoms with Crippen molar-refractivity contribution in [2.45, 2.75) is 6.92 Å². The second-order valence-corrected chi connectivity index (χ2v) is 5.78. The Morgan fingerprint density at radius 3 is 2.64 bits per heavy atom. The van der Waals surface area contributed by atoms with Crippen LogP contribution in [-0.4, -0.2) is 28.0 Å². The number of rotatable bonds is 4. The third-order valence-electron chi connectivity index (χ3n) is 3.62. The zero-order valence-electron chi connectivity index (χ0n) is 13.7. The minimum absolute atomic E-state index is 0.0134. The number of anilines is 2. The number of hydrogen-bond acceptors (Lipinski definition) is 5. The second kappa shape index (κ2) is 6.82. The highest BCUT2D eigenvalue weighted by atomic mass is 35.5. The van der Waals surface area contributed by atoms with Gasteiger partial charge in [-0.15, -0.1) is 5.10 Å². The van der Waals surface area contributed by atoms with E-state index in [-0.39, 0.29) is 11.5 Å². The van der Waals surface area contributed by atoms with Crippen LogP contribution in [0.3, 0.4) is 0 Å². The summed E-state index contributed by atoms with van der Waals surface area (Å²) in [6.45, 7) is 1.98. The number of nitrogens with two attached hydrogens (primary N) is 1. The number of ether oxygens (including phenoxy) is 1. The third kappa shape index (κ3) is 3.41. The molecule has 3 N–H and O–H groups in total. The largest absolute Gasteiger partial charge is 0.497 e. The molecule has 128 valence electrons. The Balaban J connectivity index is 1.87. The fraction of sp³-hybridized carbons (Fsp3) is 0.118. The van der Waals surface area contributed by atoms with Crippen LogP contribution in [0.15, 0.2) is 42.5 Å². The first kappa shape index (κ1) is 16.8. The van der Waals surface area contributed by atoms with Crippen LogP contribution in [-0.2, 0) is 0 Å². The lowest BCUT2D eigenvalue weighted by atomic mass is 10.2. The zero-order valence-corrected chi connectivity index (χ0v) is 14.4. The van der Waals surface area contributed by atoms with Gasteiger partial charge in [-0.1, -0.05) is 34.5 Å². The molecule has 25 heavy (non-hydrogen) atoms. The van der Waals surface area contributed by atoms with Gasteiger partial charge in [-0.25, -0.2) is 0 Å². The molecule has 8 heteroatoms. The third-order valence-corrected chi connectivity index (χ3v) is 3.95. The molecule has 0 aliphatic rings. The van der Waals surface area contributed by atoms with Crippen LogP contribution in [0.1, 0.15) is 16.1 Å². The molecule has 0 saturated carbocycles. The highest BCUT2D eigenvalue weighted by Crippen LogP contribution is 2.27. The number of aromatic nitrogens is 3. The second-order valence-electron chi connectivity index (χ2n) is 5.37. The summed E-state index contributed by atoms with van der Waals surface area (Å²) < 4.78 is 6.53. The van der Waals surface area contributed by atoms with E-state index in [4.69, 9.17) is 22.1 Å². The Morgan fingerprint density at radius 2 is 1.96 bits per heavy atom. The highest BCUT2D eigenvalue weighted by Gasteiger charge is 2.19. The summed E-state index contributed by atoms with van der Waals surface area (Å²) in [6.07, 6.45) is 0. The van der Waals surface area contributed by atoms with Gasteiger partial charge in [0.25, 0.3) is 5.91 Å². The SMILES string of the molecule is COc1ccc(Cl)c(NC(=O)c2nnn(-c3ccc(C)cc3)c2N)c1. The van der Waals surface area contributed by atoms with E-state index in [2.05, 4.69) is 15.6 Å². The van der Waals surface area contributed by atoms with E-state index in [0.717, 1.165) is 5.56 Å². The number of benzene rings is 2. The van der Waals surface area contributed by atoms with Gasteiger partial charge in [0.15, 0.2) is 11.5 Å². The number of aryl methyl sites for hydroxylation is 1. The monoisotopic (exact) mass is 357 g/mol. The molecule has 1 aromatic heterocycles. The lowest BCUT2D eigenvalue weighted by Crippen LogP contribution is -2.15. The number of halogens is 1. The molecule has 2 aromatic carbocycles. The van der Waals surface area contributed by atoms with E-state index in [1.807, 2.05) is 31.2 Å². The lowest BCUT2D eigenvalue weighted by Gasteiger charge is -2.08.